The summed E-state index contributed by atoms with van der Waals surface area (Å²) in [6.07, 6.45) is 1.92. The van der Waals surface area contributed by atoms with Crippen molar-refractivity contribution in [2.45, 2.75) is 32.5 Å². The van der Waals surface area contributed by atoms with Gasteiger partial charge in [0.25, 0.3) is 0 Å². The molecule has 8 nitrogen and oxygen atoms in total. The number of rotatable bonds is 10. The van der Waals surface area contributed by atoms with Gasteiger partial charge in [0.2, 0.25) is 5.91 Å². The van der Waals surface area contributed by atoms with Gasteiger partial charge >= 0.3 is 6.03 Å². The standard InChI is InChI=1S/C37H41ClN6O2/c1-42-16-18-43(19-17-42)35-15-10-31(22-34(35)41-37(46)40-33-13-11-32(38)12-14-33)30-7-3-6-28(21-30)25-44(36(45)29-8-9-29)24-27-5-2-4-26(20-27)23-39/h2-7,10-15,20-22,29H,8-9,16-19,23-25,39H2,1H3,(H2,40,41,46). The molecule has 238 valence electrons. The number of hydrogen-bond donors (Lipinski definition) is 3. The van der Waals surface area contributed by atoms with Crippen molar-refractivity contribution in [3.05, 3.63) is 113 Å². The van der Waals surface area contributed by atoms with Gasteiger partial charge in [-0.1, -0.05) is 60.1 Å². The monoisotopic (exact) mass is 636 g/mol. The summed E-state index contributed by atoms with van der Waals surface area (Å²) in [7, 11) is 2.13. The molecule has 6 rings (SSSR count). The molecule has 0 radical (unpaired) electrons. The van der Waals surface area contributed by atoms with Gasteiger partial charge in [-0.15, -0.1) is 0 Å². The van der Waals surface area contributed by atoms with Gasteiger partial charge in [0.05, 0.1) is 11.4 Å². The number of halogens is 1. The molecule has 1 saturated carbocycles. The van der Waals surface area contributed by atoms with Gasteiger partial charge < -0.3 is 31.1 Å². The number of nitrogens with one attached hydrogen (secondary N) is 2. The third-order valence-corrected chi connectivity index (χ3v) is 8.92. The number of carbonyl (C=O) groups is 2. The Morgan fingerprint density at radius 3 is 2.15 bits per heavy atom. The highest BCUT2D eigenvalue weighted by Crippen LogP contribution is 2.34. The Balaban J connectivity index is 1.25. The number of carbonyl (C=O) groups excluding carboxylic acids is 2. The second-order valence-electron chi connectivity index (χ2n) is 12.3. The second-order valence-corrected chi connectivity index (χ2v) is 12.7. The molecule has 2 fully saturated rings. The molecule has 4 N–H and O–H groups in total. The van der Waals surface area contributed by atoms with Crippen LogP contribution < -0.4 is 21.3 Å². The van der Waals surface area contributed by atoms with Gasteiger partial charge in [0.15, 0.2) is 0 Å². The second kappa shape index (κ2) is 14.4. The van der Waals surface area contributed by atoms with Gasteiger partial charge in [0.1, 0.15) is 0 Å². The summed E-state index contributed by atoms with van der Waals surface area (Å²) in [6.45, 7) is 5.18. The minimum Gasteiger partial charge on any atom is -0.367 e. The number of nitrogens with zero attached hydrogens (tertiary/aromatic N) is 3. The molecule has 4 aromatic rings. The average molecular weight is 637 g/mol. The third kappa shape index (κ3) is 8.07. The highest BCUT2D eigenvalue weighted by atomic mass is 35.5. The zero-order chi connectivity index (χ0) is 32.0. The van der Waals surface area contributed by atoms with E-state index in [9.17, 15) is 9.59 Å². The number of likely N-dealkylation sites (N-methyl/N-ethyl adjacent to an activating group) is 1. The minimum absolute atomic E-state index is 0.121. The fraction of sp³-hybridized carbons (Fsp3) is 0.297. The number of benzene rings is 4. The van der Waals surface area contributed by atoms with E-state index in [0.717, 1.165) is 78.2 Å². The first kappa shape index (κ1) is 31.6. The first-order valence-corrected chi connectivity index (χ1v) is 16.3. The molecule has 1 saturated heterocycles. The van der Waals surface area contributed by atoms with Gasteiger partial charge in [-0.25, -0.2) is 4.79 Å². The van der Waals surface area contributed by atoms with Crippen molar-refractivity contribution in [1.29, 1.82) is 0 Å². The van der Waals surface area contributed by atoms with Crippen molar-refractivity contribution in [3.8, 4) is 11.1 Å². The van der Waals surface area contributed by atoms with E-state index in [1.807, 2.05) is 29.2 Å². The smallest absolute Gasteiger partial charge is 0.323 e. The van der Waals surface area contributed by atoms with Crippen LogP contribution in [-0.4, -0.2) is 55.0 Å². The molecule has 9 heteroatoms. The molecule has 1 heterocycles. The Bertz CT molecular complexity index is 1680. The van der Waals surface area contributed by atoms with Crippen molar-refractivity contribution in [3.63, 3.8) is 0 Å². The quantitative estimate of drug-likeness (QED) is 0.178. The van der Waals surface area contributed by atoms with Gasteiger partial charge in [0, 0.05) is 62.4 Å². The maximum absolute atomic E-state index is 13.4. The molecule has 0 spiro atoms. The van der Waals surface area contributed by atoms with Crippen LogP contribution in [0.3, 0.4) is 0 Å². The number of urea groups is 1. The van der Waals surface area contributed by atoms with Crippen molar-refractivity contribution in [1.82, 2.24) is 9.80 Å². The van der Waals surface area contributed by atoms with Crippen LogP contribution in [0, 0.1) is 5.92 Å². The summed E-state index contributed by atoms with van der Waals surface area (Å²) in [6, 6.07) is 29.5. The van der Waals surface area contributed by atoms with Crippen LogP contribution in [0.4, 0.5) is 21.9 Å². The van der Waals surface area contributed by atoms with Crippen LogP contribution in [0.25, 0.3) is 11.1 Å². The van der Waals surface area contributed by atoms with E-state index >= 15 is 0 Å². The molecule has 1 aliphatic carbocycles. The van der Waals surface area contributed by atoms with E-state index in [4.69, 9.17) is 17.3 Å². The highest BCUT2D eigenvalue weighted by Gasteiger charge is 2.33. The van der Waals surface area contributed by atoms with E-state index in [1.165, 1.54) is 0 Å². The van der Waals surface area contributed by atoms with Crippen LogP contribution in [0.2, 0.25) is 5.02 Å². The minimum atomic E-state index is -0.323. The Kier molecular flexibility index (Phi) is 9.88. The van der Waals surface area contributed by atoms with Crippen LogP contribution in [0.5, 0.6) is 0 Å². The molecule has 0 bridgehead atoms. The Morgan fingerprint density at radius 2 is 1.46 bits per heavy atom. The zero-order valence-corrected chi connectivity index (χ0v) is 27.0. The van der Waals surface area contributed by atoms with E-state index < -0.39 is 0 Å². The molecule has 0 unspecified atom stereocenters. The SMILES string of the molecule is CN1CCN(c2ccc(-c3cccc(CN(Cc4cccc(CN)c4)C(=O)C4CC4)c3)cc2NC(=O)Nc2ccc(Cl)cc2)CC1. The first-order valence-electron chi connectivity index (χ1n) is 15.9. The fourth-order valence-corrected chi connectivity index (χ4v) is 6.03. The van der Waals surface area contributed by atoms with Crippen LogP contribution in [0.15, 0.2) is 91.0 Å². The normalized spacial score (nSPS) is 15.0. The van der Waals surface area contributed by atoms with Gasteiger partial charge in [-0.2, -0.15) is 0 Å². The largest absolute Gasteiger partial charge is 0.367 e. The number of nitrogens with two attached hydrogens (primary N) is 1. The van der Waals surface area contributed by atoms with E-state index in [0.29, 0.717) is 30.3 Å². The Morgan fingerprint density at radius 1 is 0.804 bits per heavy atom. The fourth-order valence-electron chi connectivity index (χ4n) is 5.90. The number of anilines is 3. The molecule has 4 aromatic carbocycles. The zero-order valence-electron chi connectivity index (χ0n) is 26.2. The lowest BCUT2D eigenvalue weighted by molar-refractivity contribution is -0.133. The lowest BCUT2D eigenvalue weighted by Crippen LogP contribution is -2.44. The number of hydrogen-bond acceptors (Lipinski definition) is 5. The van der Waals surface area contributed by atoms with Crippen LogP contribution in [-0.2, 0) is 24.4 Å². The topological polar surface area (TPSA) is 93.9 Å². The maximum Gasteiger partial charge on any atom is 0.323 e. The summed E-state index contributed by atoms with van der Waals surface area (Å²) in [5.41, 5.74) is 13.5. The lowest BCUT2D eigenvalue weighted by atomic mass is 10.0. The highest BCUT2D eigenvalue weighted by molar-refractivity contribution is 6.30. The molecule has 1 aliphatic heterocycles. The van der Waals surface area contributed by atoms with Crippen molar-refractivity contribution in [2.75, 3.05) is 48.8 Å². The first-order chi connectivity index (χ1) is 22.3. The molecule has 0 aromatic heterocycles. The van der Waals surface area contributed by atoms with Crippen LogP contribution >= 0.6 is 11.6 Å². The predicted octanol–water partition coefficient (Wildman–Crippen LogP) is 6.80. The molecule has 46 heavy (non-hydrogen) atoms. The summed E-state index contributed by atoms with van der Waals surface area (Å²) in [5, 5.41) is 6.64. The Hall–Kier alpha value is -4.37. The maximum atomic E-state index is 13.4. The number of piperazine rings is 1. The molecular weight excluding hydrogens is 596 g/mol. The van der Waals surface area contributed by atoms with E-state index in [-0.39, 0.29) is 17.9 Å². The Labute approximate surface area is 276 Å². The average Bonchev–Trinajstić information content (AvgIpc) is 3.92. The predicted molar refractivity (Wildman–Crippen MR) is 187 cm³/mol. The summed E-state index contributed by atoms with van der Waals surface area (Å²) in [5.74, 6) is 0.328. The van der Waals surface area contributed by atoms with Crippen molar-refractivity contribution in [2.24, 2.45) is 11.7 Å². The van der Waals surface area contributed by atoms with E-state index in [2.05, 4.69) is 69.9 Å². The van der Waals surface area contributed by atoms with Crippen molar-refractivity contribution >= 4 is 40.6 Å². The summed E-state index contributed by atoms with van der Waals surface area (Å²) < 4.78 is 0. The van der Waals surface area contributed by atoms with Gasteiger partial charge in [-0.05, 0) is 90.2 Å². The van der Waals surface area contributed by atoms with Crippen LogP contribution in [0.1, 0.15) is 29.5 Å². The molecule has 2 aliphatic rings. The van der Waals surface area contributed by atoms with E-state index in [1.54, 1.807) is 24.3 Å². The summed E-state index contributed by atoms with van der Waals surface area (Å²) in [4.78, 5) is 33.1. The number of amides is 3. The molecule has 3 amide bonds. The summed E-state index contributed by atoms with van der Waals surface area (Å²) >= 11 is 6.03. The van der Waals surface area contributed by atoms with Gasteiger partial charge in [-0.3, -0.25) is 4.79 Å². The third-order valence-electron chi connectivity index (χ3n) is 8.66. The molecule has 0 atom stereocenters. The lowest BCUT2D eigenvalue weighted by Gasteiger charge is -2.35. The molecular formula is C37H41ClN6O2. The van der Waals surface area contributed by atoms with Crippen molar-refractivity contribution < 1.29 is 9.59 Å².